The van der Waals surface area contributed by atoms with Gasteiger partial charge in [0.1, 0.15) is 0 Å². The summed E-state index contributed by atoms with van der Waals surface area (Å²) in [5.74, 6) is -115. The zero-order valence-electron chi connectivity index (χ0n) is 19.8. The van der Waals surface area contributed by atoms with Crippen molar-refractivity contribution in [1.29, 1.82) is 0 Å². The highest BCUT2D eigenvalue weighted by molar-refractivity contribution is 6.32. The third-order valence-corrected chi connectivity index (χ3v) is 5.31. The van der Waals surface area contributed by atoms with E-state index >= 15 is 0 Å². The van der Waals surface area contributed by atoms with Crippen LogP contribution < -0.4 is 0 Å². The highest BCUT2D eigenvalue weighted by Gasteiger charge is 3.01. The molecule has 0 atom stereocenters. The maximum atomic E-state index is 13.7. The Labute approximate surface area is 234 Å². The molecule has 0 aromatic heterocycles. The Kier molecular flexibility index (Phi) is 10.5. The van der Waals surface area contributed by atoms with Crippen molar-refractivity contribution in [3.63, 3.8) is 0 Å². The van der Waals surface area contributed by atoms with Crippen molar-refractivity contribution >= 4 is 7.32 Å². The zero-order valence-corrected chi connectivity index (χ0v) is 19.8. The molecule has 0 aliphatic rings. The van der Waals surface area contributed by atoms with Gasteiger partial charge in [0.15, 0.2) is 0 Å². The first-order valence-electron chi connectivity index (χ1n) is 9.69. The molecule has 282 valence electrons. The van der Waals surface area contributed by atoms with Crippen molar-refractivity contribution in [3.8, 4) is 0 Å². The number of alkyl halides is 29. The van der Waals surface area contributed by atoms with Crippen LogP contribution in [-0.2, 0) is 4.65 Å². The largest absolute Gasteiger partial charge is 0.638 e. The SMILES string of the molecule is OB(O)OC(F)(F)C(F)(F)C(F)(F)C(F)(F)C(F)(F)C(F)(F)C(F)(F)C(F)(F)C(F)(F)C(F)(F)C(F)(F)C(F)(F)C(F)(F)C(F)(F)F. The molecule has 0 bridgehead atoms. The minimum atomic E-state index is -10.00. The fourth-order valence-corrected chi connectivity index (χ4v) is 2.54. The summed E-state index contributed by atoms with van der Waals surface area (Å²) in [7, 11) is -4.56. The van der Waals surface area contributed by atoms with Crippen molar-refractivity contribution in [1.82, 2.24) is 0 Å². The van der Waals surface area contributed by atoms with E-state index in [-0.39, 0.29) is 0 Å². The molecule has 0 heterocycles. The number of hydrogen-bond donors (Lipinski definition) is 2. The Morgan fingerprint density at radius 3 is 0.553 bits per heavy atom. The second kappa shape index (κ2) is 11.0. The number of halogens is 29. The van der Waals surface area contributed by atoms with Crippen LogP contribution in [0.2, 0.25) is 0 Å². The first kappa shape index (κ1) is 44.9. The molecular formula is C14H2BF29O3. The fourth-order valence-electron chi connectivity index (χ4n) is 2.54. The van der Waals surface area contributed by atoms with Crippen LogP contribution in [0.15, 0.2) is 0 Å². The quantitative estimate of drug-likeness (QED) is 0.140. The maximum absolute atomic E-state index is 13.7. The lowest BCUT2D eigenvalue weighted by Crippen LogP contribution is -2.79. The van der Waals surface area contributed by atoms with Crippen molar-refractivity contribution in [3.05, 3.63) is 0 Å². The minimum absolute atomic E-state index is 1.77. The van der Waals surface area contributed by atoms with Gasteiger partial charge in [-0.1, -0.05) is 0 Å². The van der Waals surface area contributed by atoms with Crippen LogP contribution in [0.3, 0.4) is 0 Å². The van der Waals surface area contributed by atoms with Crippen LogP contribution in [0.5, 0.6) is 0 Å². The van der Waals surface area contributed by atoms with Gasteiger partial charge in [-0.25, -0.2) is 0 Å². The summed E-state index contributed by atoms with van der Waals surface area (Å²) in [6.45, 7) is 0. The molecule has 0 saturated heterocycles. The van der Waals surface area contributed by atoms with E-state index in [0.29, 0.717) is 0 Å². The summed E-state index contributed by atoms with van der Waals surface area (Å²) in [6, 6.07) is 0. The Balaban J connectivity index is 7.53. The molecule has 0 saturated carbocycles. The molecule has 0 fully saturated rings. The lowest BCUT2D eigenvalue weighted by molar-refractivity contribution is -0.490. The smallest absolute Gasteiger partial charge is 0.402 e. The highest BCUT2D eigenvalue weighted by atomic mass is 19.4. The average Bonchev–Trinajstić information content (AvgIpc) is 2.80. The van der Waals surface area contributed by atoms with E-state index in [0.717, 1.165) is 0 Å². The third kappa shape index (κ3) is 5.37. The molecule has 33 heteroatoms. The predicted octanol–water partition coefficient (Wildman–Crippen LogP) is 7.75. The summed E-state index contributed by atoms with van der Waals surface area (Å²) in [5.41, 5.74) is 0. The van der Waals surface area contributed by atoms with E-state index < -0.39 is 90.7 Å². The normalized spacial score (nSPS) is 16.9. The summed E-state index contributed by atoms with van der Waals surface area (Å²) in [6.07, 6.45) is -16.1. The first-order chi connectivity index (χ1) is 19.7. The van der Waals surface area contributed by atoms with Gasteiger partial charge in [-0.2, -0.15) is 127 Å². The first-order valence-corrected chi connectivity index (χ1v) is 9.69. The predicted molar refractivity (Wildman–Crippen MR) is 81.6 cm³/mol. The van der Waals surface area contributed by atoms with Crippen molar-refractivity contribution in [2.24, 2.45) is 0 Å². The molecule has 0 aromatic rings. The van der Waals surface area contributed by atoms with Gasteiger partial charge in [0, 0.05) is 0 Å². The third-order valence-electron chi connectivity index (χ3n) is 5.31. The topological polar surface area (TPSA) is 49.7 Å². The van der Waals surface area contributed by atoms with Crippen molar-refractivity contribution in [2.75, 3.05) is 0 Å². The molecule has 2 N–H and O–H groups in total. The van der Waals surface area contributed by atoms with Crippen LogP contribution in [0.1, 0.15) is 0 Å². The summed E-state index contributed by atoms with van der Waals surface area (Å²) < 4.78 is 386. The molecule has 3 nitrogen and oxygen atoms in total. The maximum Gasteiger partial charge on any atom is 0.638 e. The lowest BCUT2D eigenvalue weighted by atomic mass is 9.84. The van der Waals surface area contributed by atoms with Crippen LogP contribution >= 0.6 is 0 Å². The molecule has 0 aliphatic carbocycles. The molecule has 0 aliphatic heterocycles. The van der Waals surface area contributed by atoms with Gasteiger partial charge < -0.3 is 14.7 Å². The fraction of sp³-hybridized carbons (Fsp3) is 1.00. The monoisotopic (exact) mass is 780 g/mol. The number of hydrogen-bond acceptors (Lipinski definition) is 3. The van der Waals surface area contributed by atoms with Gasteiger partial charge in [-0.3, -0.25) is 0 Å². The van der Waals surface area contributed by atoms with Gasteiger partial charge in [-0.05, 0) is 0 Å². The Bertz CT molecular complexity index is 1140. The van der Waals surface area contributed by atoms with Gasteiger partial charge in [0.05, 0.1) is 0 Å². The molecular weight excluding hydrogens is 778 g/mol. The standard InChI is InChI=1S/C14H2BF29O3/c16-1(17,3(20,21)5(24,25)7(28,29)9(32,33)11(36,37)13(40,41)42)2(18,19)4(22,23)6(26,27)8(30,31)10(34,35)12(38,39)14(43,44)47-15(45)46/h45-46H. The van der Waals surface area contributed by atoms with Crippen LogP contribution in [-0.4, -0.2) is 101 Å². The molecule has 0 amide bonds. The van der Waals surface area contributed by atoms with Crippen molar-refractivity contribution < 1.29 is 142 Å². The Morgan fingerprint density at radius 1 is 0.255 bits per heavy atom. The highest BCUT2D eigenvalue weighted by Crippen LogP contribution is 2.69. The van der Waals surface area contributed by atoms with E-state index in [9.17, 15) is 127 Å². The van der Waals surface area contributed by atoms with E-state index in [4.69, 9.17) is 10.0 Å². The van der Waals surface area contributed by atoms with Gasteiger partial charge in [0.2, 0.25) is 0 Å². The summed E-state index contributed by atoms with van der Waals surface area (Å²) in [5, 5.41) is 15.7. The molecule has 47 heavy (non-hydrogen) atoms. The number of rotatable bonds is 14. The molecule has 0 aromatic carbocycles. The second-order valence-electron chi connectivity index (χ2n) is 8.35. The van der Waals surface area contributed by atoms with Crippen LogP contribution in [0, 0.1) is 0 Å². The average molecular weight is 780 g/mol. The Morgan fingerprint density at radius 2 is 0.404 bits per heavy atom. The van der Waals surface area contributed by atoms with Gasteiger partial charge in [-0.15, -0.1) is 0 Å². The van der Waals surface area contributed by atoms with Crippen LogP contribution in [0.25, 0.3) is 0 Å². The van der Waals surface area contributed by atoms with Crippen LogP contribution in [0.4, 0.5) is 127 Å². The minimum Gasteiger partial charge on any atom is -0.402 e. The summed E-state index contributed by atoms with van der Waals surface area (Å²) in [4.78, 5) is 0. The molecule has 0 radical (unpaired) electrons. The lowest BCUT2D eigenvalue weighted by Gasteiger charge is -2.46. The molecule has 0 rings (SSSR count). The van der Waals surface area contributed by atoms with E-state index in [1.165, 1.54) is 0 Å². The van der Waals surface area contributed by atoms with Gasteiger partial charge >= 0.3 is 90.7 Å². The molecule has 0 spiro atoms. The molecule has 0 unspecified atom stereocenters. The van der Waals surface area contributed by atoms with E-state index in [1.807, 2.05) is 0 Å². The van der Waals surface area contributed by atoms with Gasteiger partial charge in [0.25, 0.3) is 0 Å². The Hall–Kier alpha value is -2.09. The van der Waals surface area contributed by atoms with E-state index in [2.05, 4.69) is 0 Å². The summed E-state index contributed by atoms with van der Waals surface area (Å²) >= 11 is 0. The second-order valence-corrected chi connectivity index (χ2v) is 8.35. The zero-order chi connectivity index (χ0) is 39.3. The van der Waals surface area contributed by atoms with Crippen molar-refractivity contribution in [2.45, 2.75) is 83.4 Å². The van der Waals surface area contributed by atoms with E-state index in [1.54, 1.807) is 4.65 Å².